The topological polar surface area (TPSA) is 55.8 Å². The van der Waals surface area contributed by atoms with Crippen LogP contribution in [-0.4, -0.2) is 24.8 Å². The Morgan fingerprint density at radius 2 is 1.95 bits per heavy atom. The van der Waals surface area contributed by atoms with E-state index < -0.39 is 0 Å². The summed E-state index contributed by atoms with van der Waals surface area (Å²) < 4.78 is 10.9. The fraction of sp³-hybridized carbons (Fsp3) is 0.118. The van der Waals surface area contributed by atoms with Crippen molar-refractivity contribution in [2.24, 2.45) is 0 Å². The average molecular weight is 363 g/mol. The minimum atomic E-state index is -0.279. The molecule has 4 nitrogen and oxygen atoms in total. The van der Waals surface area contributed by atoms with E-state index in [1.54, 1.807) is 12.1 Å². The number of rotatable bonds is 6. The van der Waals surface area contributed by atoms with Gasteiger partial charge in [0, 0.05) is 17.6 Å². The lowest BCUT2D eigenvalue weighted by molar-refractivity contribution is 0.0510. The summed E-state index contributed by atoms with van der Waals surface area (Å²) >= 11 is 3.35. The predicted octanol–water partition coefficient (Wildman–Crippen LogP) is 4.03. The van der Waals surface area contributed by atoms with Crippen molar-refractivity contribution in [2.75, 3.05) is 13.9 Å². The average Bonchev–Trinajstić information content (AvgIpc) is 2.52. The number of carbonyl (C=O) groups is 1. The van der Waals surface area contributed by atoms with E-state index in [1.165, 1.54) is 25.3 Å². The number of hydrogen-bond donors (Lipinski definition) is 1. The molecule has 0 aromatic heterocycles. The van der Waals surface area contributed by atoms with E-state index in [-0.39, 0.29) is 23.9 Å². The maximum absolute atomic E-state index is 12.1. The molecule has 0 radical (unpaired) electrons. The van der Waals surface area contributed by atoms with Crippen LogP contribution in [0, 0.1) is 0 Å². The highest BCUT2D eigenvalue weighted by Crippen LogP contribution is 2.24. The van der Waals surface area contributed by atoms with Gasteiger partial charge in [-0.1, -0.05) is 34.1 Å². The summed E-state index contributed by atoms with van der Waals surface area (Å²) in [6, 6.07) is 12.1. The zero-order chi connectivity index (χ0) is 15.9. The first-order chi connectivity index (χ1) is 10.6. The molecule has 2 rings (SSSR count). The first-order valence-electron chi connectivity index (χ1n) is 6.53. The third-order valence-electron chi connectivity index (χ3n) is 2.88. The van der Waals surface area contributed by atoms with Gasteiger partial charge in [-0.3, -0.25) is 4.79 Å². The van der Waals surface area contributed by atoms with Crippen molar-refractivity contribution in [1.82, 2.24) is 0 Å². The second-order valence-electron chi connectivity index (χ2n) is 4.48. The Bertz CT molecular complexity index is 678. The number of methoxy groups -OCH3 is 1. The third kappa shape index (κ3) is 4.44. The second-order valence-corrected chi connectivity index (χ2v) is 5.39. The Hall–Kier alpha value is -2.11. The van der Waals surface area contributed by atoms with Gasteiger partial charge < -0.3 is 14.6 Å². The summed E-state index contributed by atoms with van der Waals surface area (Å²) in [5.41, 5.74) is 1.12. The van der Waals surface area contributed by atoms with Gasteiger partial charge in [0.2, 0.25) is 0 Å². The third-order valence-corrected chi connectivity index (χ3v) is 3.40. The van der Waals surface area contributed by atoms with Gasteiger partial charge in [-0.2, -0.15) is 0 Å². The van der Waals surface area contributed by atoms with Gasteiger partial charge in [0.25, 0.3) is 0 Å². The molecule has 0 saturated heterocycles. The predicted molar refractivity (Wildman–Crippen MR) is 88.1 cm³/mol. The lowest BCUT2D eigenvalue weighted by Crippen LogP contribution is -2.00. The number of phenolic OH excluding ortho intramolecular Hbond substituents is 1. The highest BCUT2D eigenvalue weighted by Gasteiger charge is 2.09. The Morgan fingerprint density at radius 1 is 1.23 bits per heavy atom. The van der Waals surface area contributed by atoms with Crippen LogP contribution in [0.25, 0.3) is 6.08 Å². The molecule has 0 aliphatic carbocycles. The summed E-state index contributed by atoms with van der Waals surface area (Å²) in [5.74, 6) is 0.0329. The van der Waals surface area contributed by atoms with Crippen LogP contribution >= 0.6 is 15.9 Å². The molecule has 0 aliphatic heterocycles. The quantitative estimate of drug-likeness (QED) is 0.478. The number of allylic oxidation sites excluding steroid dienone is 1. The largest absolute Gasteiger partial charge is 0.507 e. The van der Waals surface area contributed by atoms with Crippen LogP contribution in [-0.2, 0) is 4.74 Å². The van der Waals surface area contributed by atoms with Crippen LogP contribution in [0.1, 0.15) is 15.9 Å². The van der Waals surface area contributed by atoms with E-state index in [0.717, 1.165) is 10.0 Å². The van der Waals surface area contributed by atoms with Crippen molar-refractivity contribution in [2.45, 2.75) is 0 Å². The molecule has 0 fully saturated rings. The number of carbonyl (C=O) groups excluding carboxylic acids is 1. The number of ether oxygens (including phenoxy) is 2. The molecule has 22 heavy (non-hydrogen) atoms. The Kier molecular flexibility index (Phi) is 5.75. The zero-order valence-electron chi connectivity index (χ0n) is 12.0. The van der Waals surface area contributed by atoms with Gasteiger partial charge in [-0.15, -0.1) is 0 Å². The smallest absolute Gasteiger partial charge is 0.189 e. The minimum absolute atomic E-state index is 0.0796. The van der Waals surface area contributed by atoms with Crippen molar-refractivity contribution < 1.29 is 19.4 Å². The number of ketones is 1. The normalized spacial score (nSPS) is 10.8. The number of halogens is 1. The summed E-state index contributed by atoms with van der Waals surface area (Å²) in [5, 5.41) is 9.91. The van der Waals surface area contributed by atoms with Crippen LogP contribution in [0.4, 0.5) is 0 Å². The number of aromatic hydroxyl groups is 1. The molecule has 1 N–H and O–H groups in total. The van der Waals surface area contributed by atoms with Crippen molar-refractivity contribution in [1.29, 1.82) is 0 Å². The molecule has 5 heteroatoms. The van der Waals surface area contributed by atoms with Gasteiger partial charge in [-0.25, -0.2) is 0 Å². The standard InChI is InChI=1S/C17H15BrO4/c1-21-11-22-14-7-8-15(17(20)10-14)16(19)9-4-12-2-5-13(18)6-3-12/h2-10,20H,11H2,1H3/b9-4+. The molecule has 0 saturated carbocycles. The zero-order valence-corrected chi connectivity index (χ0v) is 13.5. The maximum Gasteiger partial charge on any atom is 0.189 e. The van der Waals surface area contributed by atoms with E-state index >= 15 is 0 Å². The number of phenols is 1. The second kappa shape index (κ2) is 7.77. The Morgan fingerprint density at radius 3 is 2.59 bits per heavy atom. The van der Waals surface area contributed by atoms with Crippen LogP contribution < -0.4 is 4.74 Å². The Labute approximate surface area is 137 Å². The summed E-state index contributed by atoms with van der Waals surface area (Å²) in [6.07, 6.45) is 3.12. The van der Waals surface area contributed by atoms with Gasteiger partial charge in [0.15, 0.2) is 12.6 Å². The summed E-state index contributed by atoms with van der Waals surface area (Å²) in [4.78, 5) is 12.1. The van der Waals surface area contributed by atoms with E-state index in [9.17, 15) is 9.90 Å². The van der Waals surface area contributed by atoms with Crippen molar-refractivity contribution >= 4 is 27.8 Å². The van der Waals surface area contributed by atoms with Crippen molar-refractivity contribution in [3.05, 3.63) is 64.1 Å². The minimum Gasteiger partial charge on any atom is -0.507 e. The Balaban J connectivity index is 2.10. The SMILES string of the molecule is COCOc1ccc(C(=O)/C=C/c2ccc(Br)cc2)c(O)c1. The van der Waals surface area contributed by atoms with E-state index in [0.29, 0.717) is 5.75 Å². The van der Waals surface area contributed by atoms with Gasteiger partial charge >= 0.3 is 0 Å². The molecule has 0 aliphatic rings. The van der Waals surface area contributed by atoms with Crippen molar-refractivity contribution in [3.8, 4) is 11.5 Å². The van der Waals surface area contributed by atoms with E-state index in [4.69, 9.17) is 9.47 Å². The highest BCUT2D eigenvalue weighted by atomic mass is 79.9. The monoisotopic (exact) mass is 362 g/mol. The van der Waals surface area contributed by atoms with Gasteiger partial charge in [0.1, 0.15) is 11.5 Å². The van der Waals surface area contributed by atoms with Gasteiger partial charge in [-0.05, 0) is 35.9 Å². The maximum atomic E-state index is 12.1. The van der Waals surface area contributed by atoms with Crippen LogP contribution in [0.15, 0.2) is 53.0 Å². The van der Waals surface area contributed by atoms with E-state index in [2.05, 4.69) is 15.9 Å². The fourth-order valence-corrected chi connectivity index (χ4v) is 2.04. The van der Waals surface area contributed by atoms with Crippen molar-refractivity contribution in [3.63, 3.8) is 0 Å². The van der Waals surface area contributed by atoms with Gasteiger partial charge in [0.05, 0.1) is 5.56 Å². The summed E-state index contributed by atoms with van der Waals surface area (Å²) in [6.45, 7) is 0.0796. The first-order valence-corrected chi connectivity index (χ1v) is 7.32. The van der Waals surface area contributed by atoms with E-state index in [1.807, 2.05) is 24.3 Å². The molecule has 0 heterocycles. The van der Waals surface area contributed by atoms with Crippen LogP contribution in [0.5, 0.6) is 11.5 Å². The molecule has 0 unspecified atom stereocenters. The molecule has 0 atom stereocenters. The molecule has 2 aromatic rings. The highest BCUT2D eigenvalue weighted by molar-refractivity contribution is 9.10. The molecule has 0 bridgehead atoms. The molecule has 114 valence electrons. The fourth-order valence-electron chi connectivity index (χ4n) is 1.77. The van der Waals surface area contributed by atoms with Crippen LogP contribution in [0.3, 0.4) is 0 Å². The number of benzene rings is 2. The first kappa shape index (κ1) is 16.3. The van der Waals surface area contributed by atoms with Crippen LogP contribution in [0.2, 0.25) is 0 Å². The molecular weight excluding hydrogens is 348 g/mol. The molecular formula is C17H15BrO4. The number of hydrogen-bond acceptors (Lipinski definition) is 4. The lowest BCUT2D eigenvalue weighted by atomic mass is 10.1. The molecule has 2 aromatic carbocycles. The molecule has 0 spiro atoms. The molecule has 0 amide bonds. The lowest BCUT2D eigenvalue weighted by Gasteiger charge is -2.06. The summed E-state index contributed by atoms with van der Waals surface area (Å²) in [7, 11) is 1.50.